The van der Waals surface area contributed by atoms with Gasteiger partial charge in [0.2, 0.25) is 0 Å². The minimum atomic E-state index is 0. The Kier molecular flexibility index (Phi) is 5.43. The molecule has 0 aliphatic rings. The highest BCUT2D eigenvalue weighted by molar-refractivity contribution is 5.97. The Bertz CT molecular complexity index is 293. The van der Waals surface area contributed by atoms with Crippen molar-refractivity contribution in [1.82, 2.24) is 4.90 Å². The molecule has 0 aliphatic carbocycles. The van der Waals surface area contributed by atoms with Gasteiger partial charge in [0.25, 0.3) is 0 Å². The smallest absolute Gasteiger partial charge is 0.176 e. The highest BCUT2D eigenvalue weighted by Gasteiger charge is 2.05. The topological polar surface area (TPSA) is 20.3 Å². The molecule has 0 amide bonds. The lowest BCUT2D eigenvalue weighted by Gasteiger charge is -2.07. The molecule has 0 spiro atoms. The van der Waals surface area contributed by atoms with Gasteiger partial charge < -0.3 is 4.90 Å². The van der Waals surface area contributed by atoms with E-state index >= 15 is 0 Å². The van der Waals surface area contributed by atoms with Gasteiger partial charge >= 0.3 is 0 Å². The average Bonchev–Trinajstić information content (AvgIpc) is 2.04. The van der Waals surface area contributed by atoms with Gasteiger partial charge in [-0.3, -0.25) is 4.79 Å². The second-order valence-corrected chi connectivity index (χ2v) is 3.53. The van der Waals surface area contributed by atoms with Crippen molar-refractivity contribution in [1.29, 1.82) is 0 Å². The lowest BCUT2D eigenvalue weighted by molar-refractivity contribution is 0.0958. The highest BCUT2D eigenvalue weighted by Crippen LogP contribution is 2.04. The summed E-state index contributed by atoms with van der Waals surface area (Å²) in [6.07, 6.45) is 0. The molecule has 0 fully saturated rings. The van der Waals surface area contributed by atoms with Gasteiger partial charge in [-0.2, -0.15) is 0 Å². The molecule has 14 heavy (non-hydrogen) atoms. The molecule has 0 saturated carbocycles. The Hall–Kier alpha value is -0.860. The summed E-state index contributed by atoms with van der Waals surface area (Å²) in [5.74, 6) is 0.171. The van der Waals surface area contributed by atoms with E-state index in [0.29, 0.717) is 6.54 Å². The lowest BCUT2D eigenvalue weighted by Crippen LogP contribution is -2.21. The van der Waals surface area contributed by atoms with E-state index in [1.54, 1.807) is 0 Å². The molecule has 2 nitrogen and oxygen atoms in total. The van der Waals surface area contributed by atoms with E-state index in [-0.39, 0.29) is 18.2 Å². The molecule has 0 saturated heterocycles. The quantitative estimate of drug-likeness (QED) is 0.718. The molecule has 0 unspecified atom stereocenters. The Morgan fingerprint density at radius 2 is 1.71 bits per heavy atom. The normalized spacial score (nSPS) is 9.71. The maximum absolute atomic E-state index is 11.5. The highest BCUT2D eigenvalue weighted by atomic mass is 35.5. The minimum absolute atomic E-state index is 0. The molecule has 0 N–H and O–H groups in total. The van der Waals surface area contributed by atoms with E-state index in [1.807, 2.05) is 50.2 Å². The van der Waals surface area contributed by atoms with E-state index in [1.165, 1.54) is 5.56 Å². The molecule has 1 aromatic carbocycles. The number of hydrogen-bond donors (Lipinski definition) is 0. The monoisotopic (exact) mass is 213 g/mol. The van der Waals surface area contributed by atoms with Crippen LogP contribution in [-0.4, -0.2) is 31.3 Å². The van der Waals surface area contributed by atoms with Crippen LogP contribution in [0.15, 0.2) is 24.3 Å². The van der Waals surface area contributed by atoms with Gasteiger partial charge in [-0.05, 0) is 21.0 Å². The zero-order valence-corrected chi connectivity index (χ0v) is 9.60. The van der Waals surface area contributed by atoms with Crippen molar-refractivity contribution in [2.24, 2.45) is 0 Å². The van der Waals surface area contributed by atoms with Crippen molar-refractivity contribution in [2.45, 2.75) is 6.92 Å². The zero-order chi connectivity index (χ0) is 9.84. The number of likely N-dealkylation sites (N-methyl/N-ethyl adjacent to an activating group) is 1. The van der Waals surface area contributed by atoms with Crippen LogP contribution in [0.5, 0.6) is 0 Å². The molecule has 0 heterocycles. The number of ketones is 1. The largest absolute Gasteiger partial charge is 0.302 e. The first-order valence-corrected chi connectivity index (χ1v) is 4.34. The van der Waals surface area contributed by atoms with Crippen molar-refractivity contribution in [3.63, 3.8) is 0 Å². The fourth-order valence-electron chi connectivity index (χ4n) is 1.12. The second-order valence-electron chi connectivity index (χ2n) is 3.53. The van der Waals surface area contributed by atoms with Gasteiger partial charge in [-0.1, -0.05) is 29.8 Å². The molecular weight excluding hydrogens is 198 g/mol. The Morgan fingerprint density at radius 3 is 2.14 bits per heavy atom. The zero-order valence-electron chi connectivity index (χ0n) is 8.78. The first-order chi connectivity index (χ1) is 6.09. The number of carbonyl (C=O) groups excluding carboxylic acids is 1. The van der Waals surface area contributed by atoms with Crippen molar-refractivity contribution in [2.75, 3.05) is 20.6 Å². The molecule has 0 aromatic heterocycles. The SMILES string of the molecule is Cc1ccc(C(=O)CN(C)C)cc1.Cl. The fourth-order valence-corrected chi connectivity index (χ4v) is 1.12. The van der Waals surface area contributed by atoms with Crippen molar-refractivity contribution in [3.8, 4) is 0 Å². The van der Waals surface area contributed by atoms with E-state index < -0.39 is 0 Å². The summed E-state index contributed by atoms with van der Waals surface area (Å²) in [7, 11) is 3.79. The fraction of sp³-hybridized carbons (Fsp3) is 0.364. The van der Waals surface area contributed by atoms with Crippen molar-refractivity contribution < 1.29 is 4.79 Å². The number of benzene rings is 1. The number of halogens is 1. The first kappa shape index (κ1) is 13.1. The third-order valence-corrected chi connectivity index (χ3v) is 1.83. The van der Waals surface area contributed by atoms with Crippen LogP contribution in [0.25, 0.3) is 0 Å². The molecule has 0 atom stereocenters. The van der Waals surface area contributed by atoms with Gasteiger partial charge in [0.1, 0.15) is 0 Å². The summed E-state index contributed by atoms with van der Waals surface area (Å²) >= 11 is 0. The molecule has 1 rings (SSSR count). The molecule has 3 heteroatoms. The van der Waals surface area contributed by atoms with Gasteiger partial charge in [0.05, 0.1) is 6.54 Å². The first-order valence-electron chi connectivity index (χ1n) is 4.34. The second kappa shape index (κ2) is 5.78. The van der Waals surface area contributed by atoms with Crippen LogP contribution >= 0.6 is 12.4 Å². The van der Waals surface area contributed by atoms with Crippen LogP contribution < -0.4 is 0 Å². The predicted molar refractivity (Wildman–Crippen MR) is 61.3 cm³/mol. The molecule has 78 valence electrons. The summed E-state index contributed by atoms with van der Waals surface area (Å²) < 4.78 is 0. The third kappa shape index (κ3) is 3.90. The van der Waals surface area contributed by atoms with Crippen LogP contribution in [0.4, 0.5) is 0 Å². The molecule has 1 aromatic rings. The van der Waals surface area contributed by atoms with E-state index in [9.17, 15) is 4.79 Å². The van der Waals surface area contributed by atoms with E-state index in [4.69, 9.17) is 0 Å². The van der Waals surface area contributed by atoms with Crippen LogP contribution in [0.3, 0.4) is 0 Å². The third-order valence-electron chi connectivity index (χ3n) is 1.83. The lowest BCUT2D eigenvalue weighted by atomic mass is 10.1. The van der Waals surface area contributed by atoms with Crippen molar-refractivity contribution in [3.05, 3.63) is 35.4 Å². The van der Waals surface area contributed by atoms with Gasteiger partial charge in [0.15, 0.2) is 5.78 Å². The summed E-state index contributed by atoms with van der Waals surface area (Å²) in [5, 5.41) is 0. The average molecular weight is 214 g/mol. The Labute approximate surface area is 91.3 Å². The number of hydrogen-bond acceptors (Lipinski definition) is 2. The summed E-state index contributed by atoms with van der Waals surface area (Å²) in [6.45, 7) is 2.49. The number of aryl methyl sites for hydroxylation is 1. The van der Waals surface area contributed by atoms with Gasteiger partial charge in [-0.15, -0.1) is 12.4 Å². The summed E-state index contributed by atoms with van der Waals surface area (Å²) in [5.41, 5.74) is 1.97. The summed E-state index contributed by atoms with van der Waals surface area (Å²) in [4.78, 5) is 13.4. The van der Waals surface area contributed by atoms with E-state index in [2.05, 4.69) is 0 Å². The Morgan fingerprint density at radius 1 is 1.21 bits per heavy atom. The Balaban J connectivity index is 0.00000169. The van der Waals surface area contributed by atoms with Crippen LogP contribution in [0, 0.1) is 6.92 Å². The van der Waals surface area contributed by atoms with Crippen molar-refractivity contribution >= 4 is 18.2 Å². The van der Waals surface area contributed by atoms with Crippen LogP contribution in [-0.2, 0) is 0 Å². The van der Waals surface area contributed by atoms with Crippen LogP contribution in [0.1, 0.15) is 15.9 Å². The van der Waals surface area contributed by atoms with Gasteiger partial charge in [0, 0.05) is 5.56 Å². The molecular formula is C11H16ClNO. The standard InChI is InChI=1S/C11H15NO.ClH/c1-9-4-6-10(7-5-9)11(13)8-12(2)3;/h4-7H,8H2,1-3H3;1H. The van der Waals surface area contributed by atoms with Gasteiger partial charge in [-0.25, -0.2) is 0 Å². The maximum Gasteiger partial charge on any atom is 0.176 e. The number of carbonyl (C=O) groups is 1. The molecule has 0 bridgehead atoms. The number of rotatable bonds is 3. The number of Topliss-reactive ketones (excluding diaryl/α,β-unsaturated/α-hetero) is 1. The maximum atomic E-state index is 11.5. The van der Waals surface area contributed by atoms with Crippen LogP contribution in [0.2, 0.25) is 0 Å². The molecule has 0 radical (unpaired) electrons. The number of nitrogens with zero attached hydrogens (tertiary/aromatic N) is 1. The minimum Gasteiger partial charge on any atom is -0.302 e. The predicted octanol–water partition coefficient (Wildman–Crippen LogP) is 2.16. The molecule has 0 aliphatic heterocycles. The van der Waals surface area contributed by atoms with E-state index in [0.717, 1.165) is 5.56 Å². The summed E-state index contributed by atoms with van der Waals surface area (Å²) in [6, 6.07) is 7.67.